The lowest BCUT2D eigenvalue weighted by Crippen LogP contribution is -2.05. The highest BCUT2D eigenvalue weighted by molar-refractivity contribution is 6.35. The Hall–Kier alpha value is -1.80. The van der Waals surface area contributed by atoms with Crippen molar-refractivity contribution in [3.05, 3.63) is 63.7 Å². The number of hydrogen-bond donors (Lipinski definition) is 1. The number of anilines is 1. The Labute approximate surface area is 130 Å². The van der Waals surface area contributed by atoms with Gasteiger partial charge in [0, 0.05) is 16.8 Å². The van der Waals surface area contributed by atoms with E-state index in [9.17, 15) is 4.79 Å². The van der Waals surface area contributed by atoms with Crippen LogP contribution in [-0.4, -0.2) is 5.78 Å². The van der Waals surface area contributed by atoms with E-state index in [1.54, 1.807) is 18.2 Å². The first-order chi connectivity index (χ1) is 10.0. The number of unbranched alkanes of at least 4 members (excludes halogenated alkanes) is 1. The Morgan fingerprint density at radius 1 is 1.14 bits per heavy atom. The van der Waals surface area contributed by atoms with E-state index < -0.39 is 0 Å². The van der Waals surface area contributed by atoms with E-state index in [0.29, 0.717) is 21.8 Å². The zero-order chi connectivity index (χ0) is 15.4. The molecule has 0 heterocycles. The summed E-state index contributed by atoms with van der Waals surface area (Å²) in [4.78, 5) is 12.6. The van der Waals surface area contributed by atoms with Crippen molar-refractivity contribution in [3.63, 3.8) is 0 Å². The van der Waals surface area contributed by atoms with Gasteiger partial charge in [-0.15, -0.1) is 0 Å². The standard InChI is InChI=1S/C18H20ClNO/c1-3-4-5-13-6-8-15(12(2)10-13)18(21)16-9-7-14(20)11-17(16)19/h6-11H,3-5,20H2,1-2H3. The van der Waals surface area contributed by atoms with Gasteiger partial charge < -0.3 is 5.73 Å². The largest absolute Gasteiger partial charge is 0.399 e. The molecule has 2 N–H and O–H groups in total. The van der Waals surface area contributed by atoms with Crippen molar-refractivity contribution < 1.29 is 4.79 Å². The van der Waals surface area contributed by atoms with Crippen LogP contribution in [0.25, 0.3) is 0 Å². The molecule has 0 radical (unpaired) electrons. The van der Waals surface area contributed by atoms with Crippen LogP contribution in [0.4, 0.5) is 5.69 Å². The number of nitrogen functional groups attached to an aromatic ring is 1. The zero-order valence-electron chi connectivity index (χ0n) is 12.4. The summed E-state index contributed by atoms with van der Waals surface area (Å²) in [6, 6.07) is 11.0. The van der Waals surface area contributed by atoms with Gasteiger partial charge in [0.15, 0.2) is 5.78 Å². The third kappa shape index (κ3) is 3.64. The minimum Gasteiger partial charge on any atom is -0.399 e. The number of benzene rings is 2. The normalized spacial score (nSPS) is 10.6. The molecule has 0 amide bonds. The minimum atomic E-state index is -0.0560. The lowest BCUT2D eigenvalue weighted by atomic mass is 9.96. The molecule has 0 saturated carbocycles. The zero-order valence-corrected chi connectivity index (χ0v) is 13.2. The van der Waals surface area contributed by atoms with Gasteiger partial charge in [-0.2, -0.15) is 0 Å². The average molecular weight is 302 g/mol. The highest BCUT2D eigenvalue weighted by Gasteiger charge is 2.15. The average Bonchev–Trinajstić information content (AvgIpc) is 2.44. The summed E-state index contributed by atoms with van der Waals surface area (Å²) in [6.07, 6.45) is 3.38. The van der Waals surface area contributed by atoms with Crippen molar-refractivity contribution in [2.24, 2.45) is 0 Å². The fourth-order valence-corrected chi connectivity index (χ4v) is 2.65. The van der Waals surface area contributed by atoms with E-state index in [4.69, 9.17) is 17.3 Å². The molecule has 0 aliphatic rings. The number of nitrogens with two attached hydrogens (primary N) is 1. The van der Waals surface area contributed by atoms with Crippen LogP contribution in [0.5, 0.6) is 0 Å². The smallest absolute Gasteiger partial charge is 0.194 e. The monoisotopic (exact) mass is 301 g/mol. The number of carbonyl (C=O) groups excluding carboxylic acids is 1. The van der Waals surface area contributed by atoms with Crippen molar-refractivity contribution in [2.45, 2.75) is 33.1 Å². The van der Waals surface area contributed by atoms with E-state index in [0.717, 1.165) is 18.4 Å². The maximum absolute atomic E-state index is 12.6. The predicted octanol–water partition coefficient (Wildman–Crippen LogP) is 4.80. The summed E-state index contributed by atoms with van der Waals surface area (Å²) >= 11 is 6.13. The molecular weight excluding hydrogens is 282 g/mol. The molecule has 0 atom stereocenters. The fraction of sp³-hybridized carbons (Fsp3) is 0.278. The van der Waals surface area contributed by atoms with Gasteiger partial charge >= 0.3 is 0 Å². The minimum absolute atomic E-state index is 0.0560. The highest BCUT2D eigenvalue weighted by atomic mass is 35.5. The van der Waals surface area contributed by atoms with Gasteiger partial charge in [0.1, 0.15) is 0 Å². The van der Waals surface area contributed by atoms with Crippen molar-refractivity contribution >= 4 is 23.1 Å². The summed E-state index contributed by atoms with van der Waals surface area (Å²) in [5.74, 6) is -0.0560. The van der Waals surface area contributed by atoms with Gasteiger partial charge in [-0.1, -0.05) is 43.1 Å². The SMILES string of the molecule is CCCCc1ccc(C(=O)c2ccc(N)cc2Cl)c(C)c1. The lowest BCUT2D eigenvalue weighted by Gasteiger charge is -2.09. The molecule has 2 rings (SSSR count). The van der Waals surface area contributed by atoms with Crippen LogP contribution in [0.2, 0.25) is 5.02 Å². The molecule has 2 aromatic rings. The first kappa shape index (κ1) is 15.6. The maximum atomic E-state index is 12.6. The van der Waals surface area contributed by atoms with Crippen molar-refractivity contribution in [1.82, 2.24) is 0 Å². The van der Waals surface area contributed by atoms with Crippen molar-refractivity contribution in [2.75, 3.05) is 5.73 Å². The topological polar surface area (TPSA) is 43.1 Å². The van der Waals surface area contributed by atoms with E-state index in [1.807, 2.05) is 19.1 Å². The molecule has 0 fully saturated rings. The second kappa shape index (κ2) is 6.77. The van der Waals surface area contributed by atoms with Crippen LogP contribution < -0.4 is 5.73 Å². The molecule has 0 unspecified atom stereocenters. The molecule has 2 nitrogen and oxygen atoms in total. The Kier molecular flexibility index (Phi) is 5.03. The van der Waals surface area contributed by atoms with E-state index in [-0.39, 0.29) is 5.78 Å². The molecule has 21 heavy (non-hydrogen) atoms. The molecule has 0 aliphatic carbocycles. The van der Waals surface area contributed by atoms with Crippen molar-refractivity contribution in [3.8, 4) is 0 Å². The first-order valence-electron chi connectivity index (χ1n) is 7.22. The van der Waals surface area contributed by atoms with Gasteiger partial charge in [0.2, 0.25) is 0 Å². The summed E-state index contributed by atoms with van der Waals surface area (Å²) in [5.41, 5.74) is 9.68. The molecule has 110 valence electrons. The molecule has 3 heteroatoms. The Morgan fingerprint density at radius 2 is 1.86 bits per heavy atom. The number of halogens is 1. The van der Waals surface area contributed by atoms with Crippen LogP contribution in [0.15, 0.2) is 36.4 Å². The number of rotatable bonds is 5. The maximum Gasteiger partial charge on any atom is 0.194 e. The van der Waals surface area contributed by atoms with Gasteiger partial charge in [0.05, 0.1) is 5.02 Å². The summed E-state index contributed by atoms with van der Waals surface area (Å²) in [5, 5.41) is 0.398. The van der Waals surface area contributed by atoms with Gasteiger partial charge in [-0.3, -0.25) is 4.79 Å². The molecule has 0 saturated heterocycles. The van der Waals surface area contributed by atoms with E-state index in [2.05, 4.69) is 13.0 Å². The van der Waals surface area contributed by atoms with Crippen LogP contribution in [0.1, 0.15) is 46.8 Å². The van der Waals surface area contributed by atoms with Crippen LogP contribution in [-0.2, 0) is 6.42 Å². The Morgan fingerprint density at radius 3 is 2.48 bits per heavy atom. The highest BCUT2D eigenvalue weighted by Crippen LogP contribution is 2.24. The van der Waals surface area contributed by atoms with Gasteiger partial charge in [0.25, 0.3) is 0 Å². The third-order valence-electron chi connectivity index (χ3n) is 3.59. The molecule has 0 aliphatic heterocycles. The van der Waals surface area contributed by atoms with Gasteiger partial charge in [-0.05, 0) is 49.1 Å². The molecule has 2 aromatic carbocycles. The van der Waals surface area contributed by atoms with E-state index >= 15 is 0 Å². The summed E-state index contributed by atoms with van der Waals surface area (Å²) in [6.45, 7) is 4.14. The first-order valence-corrected chi connectivity index (χ1v) is 7.60. The van der Waals surface area contributed by atoms with Crippen LogP contribution >= 0.6 is 11.6 Å². The lowest BCUT2D eigenvalue weighted by molar-refractivity contribution is 0.103. The molecule has 0 aromatic heterocycles. The van der Waals surface area contributed by atoms with Crippen LogP contribution in [0, 0.1) is 6.92 Å². The quantitative estimate of drug-likeness (QED) is 0.636. The number of carbonyl (C=O) groups is 1. The molecule has 0 spiro atoms. The van der Waals surface area contributed by atoms with Crippen molar-refractivity contribution in [1.29, 1.82) is 0 Å². The fourth-order valence-electron chi connectivity index (χ4n) is 2.38. The van der Waals surface area contributed by atoms with E-state index in [1.165, 1.54) is 12.0 Å². The number of aryl methyl sites for hydroxylation is 2. The second-order valence-corrected chi connectivity index (χ2v) is 5.73. The summed E-state index contributed by atoms with van der Waals surface area (Å²) in [7, 11) is 0. The van der Waals surface area contributed by atoms with Crippen LogP contribution in [0.3, 0.4) is 0 Å². The predicted molar refractivity (Wildman–Crippen MR) is 89.1 cm³/mol. The number of ketones is 1. The Bertz CT molecular complexity index is 664. The Balaban J connectivity index is 2.31. The molecular formula is C18H20ClNO. The number of hydrogen-bond acceptors (Lipinski definition) is 2. The summed E-state index contributed by atoms with van der Waals surface area (Å²) < 4.78 is 0. The third-order valence-corrected chi connectivity index (χ3v) is 3.90. The second-order valence-electron chi connectivity index (χ2n) is 5.32. The van der Waals surface area contributed by atoms with Gasteiger partial charge in [-0.25, -0.2) is 0 Å². The molecule has 0 bridgehead atoms.